The van der Waals surface area contributed by atoms with Gasteiger partial charge in [-0.15, -0.1) is 0 Å². The summed E-state index contributed by atoms with van der Waals surface area (Å²) in [5.41, 5.74) is 5.62. The molecule has 0 aromatic heterocycles. The smallest absolute Gasteiger partial charge is 0.302 e. The lowest BCUT2D eigenvalue weighted by atomic mass is 10.1. The minimum Gasteiger partial charge on any atom is -0.302 e. The average molecular weight is 444 g/mol. The van der Waals surface area contributed by atoms with Gasteiger partial charge in [0.2, 0.25) is 5.96 Å². The first-order valence-electron chi connectivity index (χ1n) is 11.4. The molecular weight excluding hydrogens is 414 g/mol. The van der Waals surface area contributed by atoms with Gasteiger partial charge >= 0.3 is 6.03 Å². The van der Waals surface area contributed by atoms with E-state index in [0.717, 1.165) is 24.2 Å². The SMILES string of the molecule is CC1=CN2C(=NC3C2C(=O)N(CCCc2ccccc2)C(=O)N3C)N1c1cccc(C)c1C. The van der Waals surface area contributed by atoms with Gasteiger partial charge in [0.05, 0.1) is 5.69 Å². The summed E-state index contributed by atoms with van der Waals surface area (Å²) in [5.74, 6) is 0.525. The fourth-order valence-corrected chi connectivity index (χ4v) is 4.92. The molecule has 2 atom stereocenters. The van der Waals surface area contributed by atoms with Gasteiger partial charge in [0, 0.05) is 25.5 Å². The summed E-state index contributed by atoms with van der Waals surface area (Å²) in [6, 6.07) is 15.5. The molecule has 0 bridgehead atoms. The third kappa shape index (κ3) is 3.39. The number of carbonyl (C=O) groups excluding carboxylic acids is 2. The number of urea groups is 1. The van der Waals surface area contributed by atoms with Crippen LogP contribution in [0.2, 0.25) is 0 Å². The zero-order valence-corrected chi connectivity index (χ0v) is 19.5. The lowest BCUT2D eigenvalue weighted by Gasteiger charge is -2.40. The lowest BCUT2D eigenvalue weighted by molar-refractivity contribution is -0.136. The van der Waals surface area contributed by atoms with Crippen LogP contribution in [0.25, 0.3) is 0 Å². The second-order valence-electron chi connectivity index (χ2n) is 8.99. The van der Waals surface area contributed by atoms with E-state index in [1.54, 1.807) is 11.9 Å². The number of aliphatic imine (C=N–C) groups is 1. The number of benzene rings is 2. The Kier molecular flexibility index (Phi) is 5.19. The van der Waals surface area contributed by atoms with E-state index in [0.29, 0.717) is 12.5 Å². The van der Waals surface area contributed by atoms with Crippen LogP contribution < -0.4 is 4.90 Å². The van der Waals surface area contributed by atoms with E-state index in [1.165, 1.54) is 21.6 Å². The van der Waals surface area contributed by atoms with Crippen LogP contribution in [0.4, 0.5) is 10.5 Å². The maximum absolute atomic E-state index is 13.5. The number of guanidine groups is 1. The van der Waals surface area contributed by atoms with Crippen molar-refractivity contribution in [3.63, 3.8) is 0 Å². The molecule has 0 N–H and O–H groups in total. The van der Waals surface area contributed by atoms with Gasteiger partial charge in [-0.3, -0.25) is 14.6 Å². The highest BCUT2D eigenvalue weighted by Crippen LogP contribution is 2.38. The van der Waals surface area contributed by atoms with Crippen LogP contribution in [0.15, 0.2) is 65.4 Å². The molecule has 0 saturated carbocycles. The number of fused-ring (bicyclic) bond motifs is 3. The summed E-state index contributed by atoms with van der Waals surface area (Å²) in [6.07, 6.45) is 3.00. The number of likely N-dealkylation sites (N-methyl/N-ethyl adjacent to an activating group) is 1. The summed E-state index contributed by atoms with van der Waals surface area (Å²) in [5, 5.41) is 0. The number of amides is 3. The third-order valence-corrected chi connectivity index (χ3v) is 6.89. The highest BCUT2D eigenvalue weighted by Gasteiger charge is 2.54. The molecule has 33 heavy (non-hydrogen) atoms. The zero-order valence-electron chi connectivity index (χ0n) is 19.5. The molecule has 5 rings (SSSR count). The molecule has 7 nitrogen and oxygen atoms in total. The van der Waals surface area contributed by atoms with E-state index < -0.39 is 12.2 Å². The predicted octanol–water partition coefficient (Wildman–Crippen LogP) is 3.88. The van der Waals surface area contributed by atoms with Crippen molar-refractivity contribution in [1.29, 1.82) is 0 Å². The number of hydrogen-bond donors (Lipinski definition) is 0. The maximum atomic E-state index is 13.5. The van der Waals surface area contributed by atoms with Crippen molar-refractivity contribution in [3.8, 4) is 0 Å². The second kappa shape index (κ2) is 8.06. The summed E-state index contributed by atoms with van der Waals surface area (Å²) in [7, 11) is 1.74. The van der Waals surface area contributed by atoms with Crippen molar-refractivity contribution in [1.82, 2.24) is 14.7 Å². The van der Waals surface area contributed by atoms with E-state index >= 15 is 0 Å². The first kappa shape index (κ1) is 21.2. The van der Waals surface area contributed by atoms with Gasteiger partial charge in [-0.2, -0.15) is 0 Å². The van der Waals surface area contributed by atoms with Crippen molar-refractivity contribution < 1.29 is 9.59 Å². The fourth-order valence-electron chi connectivity index (χ4n) is 4.92. The van der Waals surface area contributed by atoms with Crippen LogP contribution >= 0.6 is 0 Å². The zero-order chi connectivity index (χ0) is 23.3. The Bertz CT molecular complexity index is 1170. The topological polar surface area (TPSA) is 59.5 Å². The van der Waals surface area contributed by atoms with Gasteiger partial charge in [0.1, 0.15) is 0 Å². The number of nitrogens with zero attached hydrogens (tertiary/aromatic N) is 5. The van der Waals surface area contributed by atoms with Gasteiger partial charge < -0.3 is 9.80 Å². The molecule has 0 aliphatic carbocycles. The Morgan fingerprint density at radius 1 is 0.970 bits per heavy atom. The van der Waals surface area contributed by atoms with Crippen molar-refractivity contribution in [2.24, 2.45) is 4.99 Å². The molecule has 1 saturated heterocycles. The van der Waals surface area contributed by atoms with Crippen molar-refractivity contribution >= 4 is 23.6 Å². The number of hydrogen-bond acceptors (Lipinski definition) is 5. The Labute approximate surface area is 194 Å². The summed E-state index contributed by atoms with van der Waals surface area (Å²) < 4.78 is 0. The number of imide groups is 1. The summed E-state index contributed by atoms with van der Waals surface area (Å²) >= 11 is 0. The van der Waals surface area contributed by atoms with Crippen LogP contribution in [-0.2, 0) is 11.2 Å². The molecule has 7 heteroatoms. The number of allylic oxidation sites excluding steroid dienone is 1. The maximum Gasteiger partial charge on any atom is 0.328 e. The summed E-state index contributed by atoms with van der Waals surface area (Å²) in [6.45, 7) is 6.60. The Morgan fingerprint density at radius 2 is 1.73 bits per heavy atom. The average Bonchev–Trinajstić information content (AvgIpc) is 3.32. The predicted molar refractivity (Wildman–Crippen MR) is 129 cm³/mol. The van der Waals surface area contributed by atoms with Gasteiger partial charge in [0.15, 0.2) is 12.2 Å². The molecule has 170 valence electrons. The molecule has 0 radical (unpaired) electrons. The molecule has 3 aliphatic heterocycles. The van der Waals surface area contributed by atoms with Gasteiger partial charge in [-0.1, -0.05) is 42.5 Å². The monoisotopic (exact) mass is 443 g/mol. The molecule has 2 aromatic rings. The largest absolute Gasteiger partial charge is 0.328 e. The van der Waals surface area contributed by atoms with E-state index in [2.05, 4.69) is 43.0 Å². The molecule has 0 spiro atoms. The van der Waals surface area contributed by atoms with Crippen molar-refractivity contribution in [3.05, 3.63) is 77.1 Å². The van der Waals surface area contributed by atoms with Crippen molar-refractivity contribution in [2.75, 3.05) is 18.5 Å². The molecule has 3 heterocycles. The molecule has 2 unspecified atom stereocenters. The number of rotatable bonds is 5. The normalized spacial score (nSPS) is 21.9. The number of anilines is 1. The van der Waals surface area contributed by atoms with E-state index in [4.69, 9.17) is 4.99 Å². The molecule has 1 fully saturated rings. The number of aryl methyl sites for hydroxylation is 2. The van der Waals surface area contributed by atoms with Crippen LogP contribution in [0.5, 0.6) is 0 Å². The third-order valence-electron chi connectivity index (χ3n) is 6.89. The van der Waals surface area contributed by atoms with E-state index in [9.17, 15) is 9.59 Å². The van der Waals surface area contributed by atoms with Crippen LogP contribution in [0.3, 0.4) is 0 Å². The Hall–Kier alpha value is -3.61. The minimum absolute atomic E-state index is 0.179. The van der Waals surface area contributed by atoms with Gasteiger partial charge in [-0.25, -0.2) is 9.79 Å². The standard InChI is InChI=1S/C26H29N5O2/c1-17-10-8-14-21(19(17)3)31-18(2)16-30-22-23(27-25(30)31)28(4)26(33)29(24(22)32)15-9-13-20-11-6-5-7-12-20/h5-8,10-12,14,16,22-23H,9,13,15H2,1-4H3. The molecule has 3 aliphatic rings. The molecule has 3 amide bonds. The Balaban J connectivity index is 1.39. The van der Waals surface area contributed by atoms with E-state index in [1.807, 2.05) is 42.3 Å². The van der Waals surface area contributed by atoms with Crippen LogP contribution in [-0.4, -0.2) is 58.4 Å². The van der Waals surface area contributed by atoms with Crippen LogP contribution in [0.1, 0.15) is 30.0 Å². The van der Waals surface area contributed by atoms with Gasteiger partial charge in [0.25, 0.3) is 5.91 Å². The second-order valence-corrected chi connectivity index (χ2v) is 8.99. The first-order chi connectivity index (χ1) is 15.9. The van der Waals surface area contributed by atoms with Crippen LogP contribution in [0, 0.1) is 13.8 Å². The van der Waals surface area contributed by atoms with Crippen molar-refractivity contribution in [2.45, 2.75) is 45.8 Å². The fraction of sp³-hybridized carbons (Fsp3) is 0.346. The molecule has 2 aromatic carbocycles. The quantitative estimate of drug-likeness (QED) is 0.704. The van der Waals surface area contributed by atoms with Gasteiger partial charge in [-0.05, 0) is 56.4 Å². The minimum atomic E-state index is -0.538. The summed E-state index contributed by atoms with van der Waals surface area (Å²) in [4.78, 5) is 38.5. The highest BCUT2D eigenvalue weighted by atomic mass is 16.2. The molecular formula is C26H29N5O2. The lowest BCUT2D eigenvalue weighted by Crippen LogP contribution is -2.64. The number of carbonyl (C=O) groups is 2. The van der Waals surface area contributed by atoms with E-state index in [-0.39, 0.29) is 11.9 Å². The first-order valence-corrected chi connectivity index (χ1v) is 11.4. The highest BCUT2D eigenvalue weighted by molar-refractivity contribution is 6.10. The Morgan fingerprint density at radius 3 is 2.48 bits per heavy atom.